The van der Waals surface area contributed by atoms with Crippen LogP contribution < -0.4 is 5.43 Å². The van der Waals surface area contributed by atoms with E-state index in [1.165, 1.54) is 12.1 Å². The summed E-state index contributed by atoms with van der Waals surface area (Å²) in [5, 5.41) is 61.0. The topological polar surface area (TPSA) is 152 Å². The van der Waals surface area contributed by atoms with Crippen LogP contribution in [0.25, 0.3) is 22.3 Å². The highest BCUT2D eigenvalue weighted by atomic mass is 16.4. The van der Waals surface area contributed by atoms with Gasteiger partial charge in [-0.05, 0) is 58.1 Å². The lowest BCUT2D eigenvalue weighted by atomic mass is 9.85. The minimum Gasteiger partial charge on any atom is -0.508 e. The summed E-state index contributed by atoms with van der Waals surface area (Å²) in [5.74, 6) is -2.97. The fourth-order valence-electron chi connectivity index (χ4n) is 3.76. The average Bonchev–Trinajstić information content (AvgIpc) is 2.68. The number of allylic oxidation sites excluding steroid dienone is 1. The Morgan fingerprint density at radius 3 is 2.30 bits per heavy atom. The Morgan fingerprint density at radius 2 is 1.73 bits per heavy atom. The van der Waals surface area contributed by atoms with E-state index >= 15 is 0 Å². The Morgan fingerprint density at radius 1 is 1.06 bits per heavy atom. The van der Waals surface area contributed by atoms with Crippen molar-refractivity contribution < 1.29 is 35.1 Å². The van der Waals surface area contributed by atoms with Gasteiger partial charge in [0.2, 0.25) is 11.2 Å². The summed E-state index contributed by atoms with van der Waals surface area (Å²) in [6.07, 6.45) is 1.18. The van der Waals surface area contributed by atoms with Crippen LogP contribution in [-0.4, -0.2) is 36.2 Å². The number of rotatable bonds is 7. The summed E-state index contributed by atoms with van der Waals surface area (Å²) in [6.45, 7) is 9.19. The van der Waals surface area contributed by atoms with Crippen LogP contribution in [-0.2, 0) is 6.42 Å². The molecule has 0 spiro atoms. The van der Waals surface area contributed by atoms with Crippen molar-refractivity contribution in [3.05, 3.63) is 52.2 Å². The van der Waals surface area contributed by atoms with Crippen molar-refractivity contribution >= 4 is 11.0 Å². The maximum absolute atomic E-state index is 12.9. The van der Waals surface area contributed by atoms with Crippen LogP contribution in [0.15, 0.2) is 45.6 Å². The minimum absolute atomic E-state index is 0.0587. The van der Waals surface area contributed by atoms with Crippen LogP contribution in [0.1, 0.15) is 39.2 Å². The number of aromatic hydroxyl groups is 5. The lowest BCUT2D eigenvalue weighted by Gasteiger charge is -2.23. The normalized spacial score (nSPS) is 12.7. The first-order chi connectivity index (χ1) is 15.3. The molecule has 0 saturated heterocycles. The Hall–Kier alpha value is -3.65. The molecule has 33 heavy (non-hydrogen) atoms. The first-order valence-corrected chi connectivity index (χ1v) is 10.4. The number of aliphatic hydroxyl groups is 1. The van der Waals surface area contributed by atoms with Crippen LogP contribution in [0, 0.1) is 5.92 Å². The summed E-state index contributed by atoms with van der Waals surface area (Å²) < 4.78 is 5.81. The number of phenolic OH excluding ortho intramolecular Hbond substituents is 4. The van der Waals surface area contributed by atoms with E-state index in [-0.39, 0.29) is 51.7 Å². The monoisotopic (exact) mass is 456 g/mol. The van der Waals surface area contributed by atoms with Crippen LogP contribution in [0.2, 0.25) is 0 Å². The lowest BCUT2D eigenvalue weighted by molar-refractivity contribution is 0.0650. The Kier molecular flexibility index (Phi) is 6.33. The molecular weight excluding hydrogens is 428 g/mol. The Labute approximate surface area is 190 Å². The van der Waals surface area contributed by atoms with Crippen molar-refractivity contribution in [3.8, 4) is 40.1 Å². The van der Waals surface area contributed by atoms with Crippen LogP contribution in [0.5, 0.6) is 28.7 Å². The number of fused-ring (bicyclic) bond motifs is 1. The second kappa shape index (κ2) is 8.71. The molecule has 0 aliphatic carbocycles. The summed E-state index contributed by atoms with van der Waals surface area (Å²) in [4.78, 5) is 12.9. The summed E-state index contributed by atoms with van der Waals surface area (Å²) in [6, 6.07) is 4.54. The molecule has 0 radical (unpaired) electrons. The van der Waals surface area contributed by atoms with E-state index < -0.39 is 28.3 Å². The zero-order chi connectivity index (χ0) is 24.7. The number of phenols is 4. The van der Waals surface area contributed by atoms with Crippen molar-refractivity contribution in [1.82, 2.24) is 0 Å². The highest BCUT2D eigenvalue weighted by Gasteiger charge is 2.26. The SMILES string of the molecule is C=C(C)C(CCC(C)(C)O)Cc1c(O)cc(O)c2c(=O)c(O)c(-c3ccc(O)cc3O)oc12. The quantitative estimate of drug-likeness (QED) is 0.288. The predicted molar refractivity (Wildman–Crippen MR) is 124 cm³/mol. The molecule has 6 N–H and O–H groups in total. The minimum atomic E-state index is -0.944. The van der Waals surface area contributed by atoms with E-state index in [0.717, 1.165) is 17.7 Å². The fourth-order valence-corrected chi connectivity index (χ4v) is 3.76. The molecule has 1 aromatic heterocycles. The summed E-state index contributed by atoms with van der Waals surface area (Å²) >= 11 is 0. The molecule has 0 bridgehead atoms. The van der Waals surface area contributed by atoms with Gasteiger partial charge in [0.1, 0.15) is 34.0 Å². The predicted octanol–water partition coefficient (Wildman–Crippen LogP) is 4.27. The average molecular weight is 456 g/mol. The molecule has 0 aliphatic heterocycles. The van der Waals surface area contributed by atoms with Gasteiger partial charge in [-0.2, -0.15) is 0 Å². The molecule has 0 aliphatic rings. The number of hydrogen-bond acceptors (Lipinski definition) is 8. The maximum Gasteiger partial charge on any atom is 0.238 e. The molecule has 8 nitrogen and oxygen atoms in total. The van der Waals surface area contributed by atoms with Gasteiger partial charge in [0, 0.05) is 17.7 Å². The molecule has 1 unspecified atom stereocenters. The van der Waals surface area contributed by atoms with E-state index in [4.69, 9.17) is 4.42 Å². The van der Waals surface area contributed by atoms with Gasteiger partial charge < -0.3 is 35.1 Å². The van der Waals surface area contributed by atoms with Crippen molar-refractivity contribution in [2.45, 2.75) is 45.6 Å². The van der Waals surface area contributed by atoms with Crippen LogP contribution in [0.4, 0.5) is 0 Å². The fraction of sp³-hybridized carbons (Fsp3) is 0.320. The zero-order valence-electron chi connectivity index (χ0n) is 18.7. The standard InChI is InChI=1S/C25H28O8/c1-12(2)13(7-8-25(3,4)32)9-16-18(28)11-19(29)20-21(30)22(31)24(33-23(16)20)15-6-5-14(26)10-17(15)27/h5-6,10-11,13,26-29,31-32H,1,7-9H2,2-4H3. The van der Waals surface area contributed by atoms with Gasteiger partial charge in [-0.3, -0.25) is 4.79 Å². The molecule has 0 amide bonds. The first kappa shape index (κ1) is 24.0. The Bertz CT molecular complexity index is 1280. The van der Waals surface area contributed by atoms with Gasteiger partial charge in [0.05, 0.1) is 11.2 Å². The van der Waals surface area contributed by atoms with Gasteiger partial charge in [0.15, 0.2) is 5.76 Å². The largest absolute Gasteiger partial charge is 0.508 e. The highest BCUT2D eigenvalue weighted by Crippen LogP contribution is 2.42. The smallest absolute Gasteiger partial charge is 0.238 e. The molecule has 3 aromatic rings. The van der Waals surface area contributed by atoms with E-state index in [1.54, 1.807) is 13.8 Å². The molecule has 0 fully saturated rings. The Balaban J connectivity index is 2.24. The van der Waals surface area contributed by atoms with E-state index in [9.17, 15) is 35.4 Å². The molecule has 1 atom stereocenters. The second-order valence-corrected chi connectivity index (χ2v) is 9.01. The van der Waals surface area contributed by atoms with E-state index in [0.29, 0.717) is 12.8 Å². The molecule has 176 valence electrons. The molecule has 1 heterocycles. The molecule has 2 aromatic carbocycles. The van der Waals surface area contributed by atoms with Crippen molar-refractivity contribution in [1.29, 1.82) is 0 Å². The molecule has 3 rings (SSSR count). The number of benzene rings is 2. The molecule has 0 saturated carbocycles. The van der Waals surface area contributed by atoms with Crippen molar-refractivity contribution in [2.24, 2.45) is 5.92 Å². The van der Waals surface area contributed by atoms with Gasteiger partial charge in [-0.25, -0.2) is 0 Å². The van der Waals surface area contributed by atoms with Gasteiger partial charge in [0.25, 0.3) is 0 Å². The van der Waals surface area contributed by atoms with Crippen LogP contribution in [0.3, 0.4) is 0 Å². The first-order valence-electron chi connectivity index (χ1n) is 10.4. The zero-order valence-corrected chi connectivity index (χ0v) is 18.7. The van der Waals surface area contributed by atoms with E-state index in [1.807, 2.05) is 6.92 Å². The maximum atomic E-state index is 12.9. The molecular formula is C25H28O8. The van der Waals surface area contributed by atoms with Crippen molar-refractivity contribution in [2.75, 3.05) is 0 Å². The second-order valence-electron chi connectivity index (χ2n) is 9.01. The van der Waals surface area contributed by atoms with Gasteiger partial charge >= 0.3 is 0 Å². The van der Waals surface area contributed by atoms with E-state index in [2.05, 4.69) is 6.58 Å². The molecule has 8 heteroatoms. The third-order valence-corrected chi connectivity index (χ3v) is 5.68. The summed E-state index contributed by atoms with van der Waals surface area (Å²) in [7, 11) is 0. The highest BCUT2D eigenvalue weighted by molar-refractivity contribution is 5.91. The van der Waals surface area contributed by atoms with Gasteiger partial charge in [-0.1, -0.05) is 12.2 Å². The van der Waals surface area contributed by atoms with Crippen molar-refractivity contribution in [3.63, 3.8) is 0 Å². The van der Waals surface area contributed by atoms with Gasteiger partial charge in [-0.15, -0.1) is 0 Å². The number of hydrogen-bond donors (Lipinski definition) is 6. The lowest BCUT2D eigenvalue weighted by Crippen LogP contribution is -2.21. The third-order valence-electron chi connectivity index (χ3n) is 5.68. The van der Waals surface area contributed by atoms with Crippen LogP contribution >= 0.6 is 0 Å². The summed E-state index contributed by atoms with van der Waals surface area (Å²) in [5.41, 5.74) is -1.06. The third kappa shape index (κ3) is 4.90.